The lowest BCUT2D eigenvalue weighted by molar-refractivity contribution is -0.132. The van der Waals surface area contributed by atoms with E-state index in [1.54, 1.807) is 14.1 Å². The first-order valence-corrected chi connectivity index (χ1v) is 5.18. The number of nitrogens with zero attached hydrogens (tertiary/aromatic N) is 1. The fraction of sp³-hybridized carbons (Fsp3) is 0.727. The maximum Gasteiger partial charge on any atom is 0.278 e. The highest BCUT2D eigenvalue weighted by atomic mass is 16.2. The van der Waals surface area contributed by atoms with Crippen molar-refractivity contribution in [2.24, 2.45) is 5.41 Å². The number of rotatable bonds is 4. The molecule has 0 aliphatic rings. The quantitative estimate of drug-likeness (QED) is 0.549. The molecule has 0 aliphatic heterocycles. The van der Waals surface area contributed by atoms with Crippen LogP contribution in [-0.4, -0.2) is 25.1 Å². The summed E-state index contributed by atoms with van der Waals surface area (Å²) in [7, 11) is 3.40. The van der Waals surface area contributed by atoms with Gasteiger partial charge in [0.1, 0.15) is 0 Å². The summed E-state index contributed by atoms with van der Waals surface area (Å²) in [6.45, 7) is 8.27. The largest absolute Gasteiger partial charge is 0.278 e. The lowest BCUT2D eigenvalue weighted by Gasteiger charge is -2.20. The summed E-state index contributed by atoms with van der Waals surface area (Å²) in [5, 5.41) is 1.36. The van der Waals surface area contributed by atoms with Crippen molar-refractivity contribution < 1.29 is 4.79 Å². The molecule has 0 aliphatic carbocycles. The Morgan fingerprint density at radius 2 is 1.73 bits per heavy atom. The van der Waals surface area contributed by atoms with E-state index in [4.69, 9.17) is 0 Å². The van der Waals surface area contributed by atoms with Crippen molar-refractivity contribution in [2.45, 2.75) is 34.1 Å². The van der Waals surface area contributed by atoms with Crippen LogP contribution >= 0.6 is 0 Å². The maximum atomic E-state index is 11.8. The topological polar surface area (TPSA) is 44.4 Å². The van der Waals surface area contributed by atoms with E-state index in [-0.39, 0.29) is 11.3 Å². The second-order valence-corrected chi connectivity index (χ2v) is 4.74. The zero-order chi connectivity index (χ0) is 12.1. The maximum absolute atomic E-state index is 11.8. The third-order valence-electron chi connectivity index (χ3n) is 2.01. The van der Waals surface area contributed by atoms with Crippen molar-refractivity contribution in [1.82, 2.24) is 16.0 Å². The van der Waals surface area contributed by atoms with Crippen molar-refractivity contribution >= 4 is 5.91 Å². The molecule has 0 atom stereocenters. The first-order valence-electron chi connectivity index (χ1n) is 5.18. The van der Waals surface area contributed by atoms with Crippen LogP contribution in [0.25, 0.3) is 0 Å². The van der Waals surface area contributed by atoms with Gasteiger partial charge in [-0.15, -0.1) is 0 Å². The minimum atomic E-state index is -0.0516. The molecular formula is C11H23N3O. The van der Waals surface area contributed by atoms with E-state index < -0.39 is 0 Å². The Labute approximate surface area is 92.7 Å². The van der Waals surface area contributed by atoms with E-state index in [0.717, 1.165) is 12.0 Å². The van der Waals surface area contributed by atoms with E-state index in [9.17, 15) is 4.79 Å². The summed E-state index contributed by atoms with van der Waals surface area (Å²) in [6.07, 6.45) is 2.87. The second-order valence-electron chi connectivity index (χ2n) is 4.74. The molecule has 0 radical (unpaired) electrons. The molecule has 0 spiro atoms. The zero-order valence-corrected chi connectivity index (χ0v) is 10.6. The molecule has 0 saturated carbocycles. The van der Waals surface area contributed by atoms with Crippen LogP contribution < -0.4 is 10.9 Å². The second kappa shape index (κ2) is 5.88. The van der Waals surface area contributed by atoms with Crippen molar-refractivity contribution in [2.75, 3.05) is 14.1 Å². The standard InChI is InChI=1S/C11H23N3O/c1-9(7-8-11(2,3)4)10(15)14(12-5)13-6/h7,12-13H,8H2,1-6H3. The summed E-state index contributed by atoms with van der Waals surface area (Å²) in [5.41, 5.74) is 6.48. The molecule has 1 amide bonds. The average molecular weight is 213 g/mol. The van der Waals surface area contributed by atoms with E-state index in [1.165, 1.54) is 5.12 Å². The summed E-state index contributed by atoms with van der Waals surface area (Å²) in [6, 6.07) is 0. The SMILES string of the molecule is CNN(NC)C(=O)C(C)=CCC(C)(C)C. The first kappa shape index (κ1) is 14.1. The molecule has 0 unspecified atom stereocenters. The number of hydrazine groups is 2. The van der Waals surface area contributed by atoms with Gasteiger partial charge in [0.05, 0.1) is 0 Å². The van der Waals surface area contributed by atoms with Gasteiger partial charge in [-0.05, 0) is 18.8 Å². The molecule has 0 rings (SSSR count). The minimum Gasteiger partial charge on any atom is -0.267 e. The summed E-state index contributed by atoms with van der Waals surface area (Å²) < 4.78 is 0. The van der Waals surface area contributed by atoms with Gasteiger partial charge in [0.2, 0.25) is 0 Å². The molecule has 88 valence electrons. The Kier molecular flexibility index (Phi) is 5.54. The number of carbonyl (C=O) groups is 1. The lowest BCUT2D eigenvalue weighted by Crippen LogP contribution is -2.48. The number of nitrogens with one attached hydrogen (secondary N) is 2. The molecule has 4 nitrogen and oxygen atoms in total. The van der Waals surface area contributed by atoms with Crippen molar-refractivity contribution in [3.63, 3.8) is 0 Å². The number of carbonyl (C=O) groups excluding carboxylic acids is 1. The van der Waals surface area contributed by atoms with Gasteiger partial charge >= 0.3 is 0 Å². The normalized spacial score (nSPS) is 12.8. The Morgan fingerprint density at radius 1 is 1.27 bits per heavy atom. The third kappa shape index (κ3) is 5.54. The molecule has 0 aromatic heterocycles. The molecule has 2 N–H and O–H groups in total. The van der Waals surface area contributed by atoms with Gasteiger partial charge in [-0.1, -0.05) is 26.8 Å². The minimum absolute atomic E-state index is 0.0516. The fourth-order valence-electron chi connectivity index (χ4n) is 1.04. The van der Waals surface area contributed by atoms with Crippen LogP contribution in [0.2, 0.25) is 0 Å². The molecule has 4 heteroatoms. The third-order valence-corrected chi connectivity index (χ3v) is 2.01. The Balaban J connectivity index is 4.43. The van der Waals surface area contributed by atoms with Crippen molar-refractivity contribution in [1.29, 1.82) is 0 Å². The molecule has 15 heavy (non-hydrogen) atoms. The molecule has 0 fully saturated rings. The van der Waals surface area contributed by atoms with E-state index in [0.29, 0.717) is 0 Å². The van der Waals surface area contributed by atoms with Crippen molar-refractivity contribution in [3.05, 3.63) is 11.6 Å². The van der Waals surface area contributed by atoms with Gasteiger partial charge in [-0.25, -0.2) is 16.0 Å². The average Bonchev–Trinajstić information content (AvgIpc) is 2.14. The predicted molar refractivity (Wildman–Crippen MR) is 62.8 cm³/mol. The lowest BCUT2D eigenvalue weighted by atomic mass is 9.91. The highest BCUT2D eigenvalue weighted by Crippen LogP contribution is 2.20. The predicted octanol–water partition coefficient (Wildman–Crippen LogP) is 1.47. The Bertz CT molecular complexity index is 237. The van der Waals surface area contributed by atoms with E-state index in [1.807, 2.05) is 13.0 Å². The zero-order valence-electron chi connectivity index (χ0n) is 10.6. The molecule has 0 heterocycles. The molecule has 0 aromatic rings. The Morgan fingerprint density at radius 3 is 2.07 bits per heavy atom. The van der Waals surface area contributed by atoms with Gasteiger partial charge in [0.25, 0.3) is 5.91 Å². The van der Waals surface area contributed by atoms with Crippen LogP contribution in [0.15, 0.2) is 11.6 Å². The fourth-order valence-corrected chi connectivity index (χ4v) is 1.04. The number of hydrogen-bond donors (Lipinski definition) is 2. The van der Waals surface area contributed by atoms with Gasteiger partial charge in [0.15, 0.2) is 0 Å². The number of allylic oxidation sites excluding steroid dienone is 1. The first-order chi connectivity index (χ1) is 6.81. The van der Waals surface area contributed by atoms with Gasteiger partial charge < -0.3 is 0 Å². The number of amides is 1. The molecular weight excluding hydrogens is 190 g/mol. The van der Waals surface area contributed by atoms with Crippen LogP contribution in [0.5, 0.6) is 0 Å². The van der Waals surface area contributed by atoms with Gasteiger partial charge in [-0.2, -0.15) is 0 Å². The summed E-state index contributed by atoms with van der Waals surface area (Å²) in [4.78, 5) is 11.8. The molecule has 0 aromatic carbocycles. The van der Waals surface area contributed by atoms with E-state index in [2.05, 4.69) is 31.6 Å². The van der Waals surface area contributed by atoms with Crippen LogP contribution in [0.4, 0.5) is 0 Å². The van der Waals surface area contributed by atoms with Gasteiger partial charge in [0, 0.05) is 19.7 Å². The number of hydrogen-bond acceptors (Lipinski definition) is 3. The Hall–Kier alpha value is -0.870. The van der Waals surface area contributed by atoms with Gasteiger partial charge in [-0.3, -0.25) is 4.79 Å². The highest BCUT2D eigenvalue weighted by molar-refractivity contribution is 5.92. The molecule has 0 saturated heterocycles. The summed E-state index contributed by atoms with van der Waals surface area (Å²) >= 11 is 0. The monoisotopic (exact) mass is 213 g/mol. The van der Waals surface area contributed by atoms with E-state index >= 15 is 0 Å². The van der Waals surface area contributed by atoms with Crippen molar-refractivity contribution in [3.8, 4) is 0 Å². The highest BCUT2D eigenvalue weighted by Gasteiger charge is 2.13. The van der Waals surface area contributed by atoms with Crippen LogP contribution in [0.3, 0.4) is 0 Å². The molecule has 0 bridgehead atoms. The smallest absolute Gasteiger partial charge is 0.267 e. The van der Waals surface area contributed by atoms with Crippen LogP contribution in [-0.2, 0) is 4.79 Å². The van der Waals surface area contributed by atoms with Crippen LogP contribution in [0.1, 0.15) is 34.1 Å². The summed E-state index contributed by atoms with van der Waals surface area (Å²) in [5.74, 6) is -0.0516. The van der Waals surface area contributed by atoms with Crippen LogP contribution in [0, 0.1) is 5.41 Å².